The highest BCUT2D eigenvalue weighted by molar-refractivity contribution is 4.99. The van der Waals surface area contributed by atoms with Crippen molar-refractivity contribution in [3.8, 4) is 0 Å². The van der Waals surface area contributed by atoms with Crippen LogP contribution in [0.2, 0.25) is 0 Å². The lowest BCUT2D eigenvalue weighted by atomic mass is 10.1. The summed E-state index contributed by atoms with van der Waals surface area (Å²) in [6.07, 6.45) is 1.30. The third-order valence-corrected chi connectivity index (χ3v) is 3.33. The van der Waals surface area contributed by atoms with Crippen molar-refractivity contribution in [1.29, 1.82) is 0 Å². The van der Waals surface area contributed by atoms with E-state index in [1.807, 2.05) is 20.9 Å². The van der Waals surface area contributed by atoms with Gasteiger partial charge in [0.25, 0.3) is 0 Å². The van der Waals surface area contributed by atoms with Crippen molar-refractivity contribution in [3.05, 3.63) is 11.7 Å². The largest absolute Gasteiger partial charge is 0.377 e. The Balaban J connectivity index is 1.99. The summed E-state index contributed by atoms with van der Waals surface area (Å²) in [6.45, 7) is 7.26. The van der Waals surface area contributed by atoms with Gasteiger partial charge in [0.05, 0.1) is 18.2 Å². The molecule has 2 atom stereocenters. The van der Waals surface area contributed by atoms with E-state index in [0.29, 0.717) is 24.3 Å². The molecule has 0 aromatic carbocycles. The first-order valence-electron chi connectivity index (χ1n) is 6.31. The topological polar surface area (TPSA) is 77.4 Å². The van der Waals surface area contributed by atoms with Gasteiger partial charge in [-0.3, -0.25) is 4.90 Å². The average molecular weight is 254 g/mol. The molecule has 6 heteroatoms. The van der Waals surface area contributed by atoms with Gasteiger partial charge in [0.2, 0.25) is 5.89 Å². The van der Waals surface area contributed by atoms with Crippen LogP contribution in [0.5, 0.6) is 0 Å². The van der Waals surface area contributed by atoms with Crippen molar-refractivity contribution < 1.29 is 9.26 Å². The molecule has 6 nitrogen and oxygen atoms in total. The van der Waals surface area contributed by atoms with Gasteiger partial charge in [-0.05, 0) is 34.2 Å². The summed E-state index contributed by atoms with van der Waals surface area (Å²) in [4.78, 5) is 6.53. The molecule has 2 heterocycles. The molecule has 1 aromatic heterocycles. The SMILES string of the molecule is CC1OCCC1N(C)Cc1nc(C(C)(C)N)no1. The van der Waals surface area contributed by atoms with E-state index in [1.165, 1.54) is 0 Å². The van der Waals surface area contributed by atoms with Crippen LogP contribution in [0.1, 0.15) is 38.9 Å². The Morgan fingerprint density at radius 3 is 2.72 bits per heavy atom. The number of nitrogens with zero attached hydrogens (tertiary/aromatic N) is 3. The van der Waals surface area contributed by atoms with Crippen LogP contribution in [-0.4, -0.2) is 40.8 Å². The molecule has 2 N–H and O–H groups in total. The van der Waals surface area contributed by atoms with Crippen molar-refractivity contribution in [2.45, 2.75) is 51.4 Å². The average Bonchev–Trinajstić information content (AvgIpc) is 2.85. The zero-order chi connectivity index (χ0) is 13.3. The molecule has 1 saturated heterocycles. The van der Waals surface area contributed by atoms with E-state index in [9.17, 15) is 0 Å². The highest BCUT2D eigenvalue weighted by Crippen LogP contribution is 2.20. The van der Waals surface area contributed by atoms with Gasteiger partial charge in [0, 0.05) is 12.6 Å². The van der Waals surface area contributed by atoms with Crippen LogP contribution < -0.4 is 5.73 Å². The van der Waals surface area contributed by atoms with Crippen molar-refractivity contribution in [2.75, 3.05) is 13.7 Å². The van der Waals surface area contributed by atoms with Gasteiger partial charge in [-0.2, -0.15) is 4.98 Å². The molecule has 18 heavy (non-hydrogen) atoms. The lowest BCUT2D eigenvalue weighted by Gasteiger charge is -2.24. The molecule has 1 fully saturated rings. The van der Waals surface area contributed by atoms with E-state index < -0.39 is 5.54 Å². The first-order valence-corrected chi connectivity index (χ1v) is 6.31. The smallest absolute Gasteiger partial charge is 0.240 e. The van der Waals surface area contributed by atoms with Crippen molar-refractivity contribution in [2.24, 2.45) is 5.73 Å². The third kappa shape index (κ3) is 2.88. The summed E-state index contributed by atoms with van der Waals surface area (Å²) < 4.78 is 10.8. The van der Waals surface area contributed by atoms with Crippen LogP contribution in [0.15, 0.2) is 4.52 Å². The molecule has 1 aromatic rings. The quantitative estimate of drug-likeness (QED) is 0.859. The first-order chi connectivity index (χ1) is 8.38. The number of hydrogen-bond donors (Lipinski definition) is 1. The van der Waals surface area contributed by atoms with Crippen molar-refractivity contribution in [3.63, 3.8) is 0 Å². The van der Waals surface area contributed by atoms with Gasteiger partial charge in [-0.15, -0.1) is 0 Å². The predicted molar refractivity (Wildman–Crippen MR) is 66.8 cm³/mol. The van der Waals surface area contributed by atoms with Crippen LogP contribution in [0.4, 0.5) is 0 Å². The standard InChI is InChI=1S/C12H22N4O2/c1-8-9(5-6-17-8)16(4)7-10-14-11(15-18-10)12(2,3)13/h8-9H,5-7,13H2,1-4H3. The number of aromatic nitrogens is 2. The molecule has 0 amide bonds. The number of likely N-dealkylation sites (N-methyl/N-ethyl adjacent to an activating group) is 1. The fraction of sp³-hybridized carbons (Fsp3) is 0.833. The van der Waals surface area contributed by atoms with Crippen LogP contribution >= 0.6 is 0 Å². The summed E-state index contributed by atoms with van der Waals surface area (Å²) in [6, 6.07) is 0.409. The second kappa shape index (κ2) is 4.95. The predicted octanol–water partition coefficient (Wildman–Crippen LogP) is 0.873. The van der Waals surface area contributed by atoms with Gasteiger partial charge in [-0.25, -0.2) is 0 Å². The molecule has 2 rings (SSSR count). The monoisotopic (exact) mass is 254 g/mol. The number of nitrogens with two attached hydrogens (primary N) is 1. The maximum Gasteiger partial charge on any atom is 0.240 e. The summed E-state index contributed by atoms with van der Waals surface area (Å²) in [5.41, 5.74) is 5.36. The van der Waals surface area contributed by atoms with E-state index in [4.69, 9.17) is 15.0 Å². The minimum atomic E-state index is -0.565. The number of rotatable bonds is 4. The normalized spacial score (nSPS) is 25.0. The summed E-state index contributed by atoms with van der Waals surface area (Å²) in [5.74, 6) is 1.15. The summed E-state index contributed by atoms with van der Waals surface area (Å²) >= 11 is 0. The number of hydrogen-bond acceptors (Lipinski definition) is 6. The minimum absolute atomic E-state index is 0.253. The minimum Gasteiger partial charge on any atom is -0.377 e. The maximum atomic E-state index is 5.93. The Hall–Kier alpha value is -0.980. The van der Waals surface area contributed by atoms with Crippen LogP contribution in [0.25, 0.3) is 0 Å². The van der Waals surface area contributed by atoms with Crippen LogP contribution in [-0.2, 0) is 16.8 Å². The highest BCUT2D eigenvalue weighted by atomic mass is 16.5. The van der Waals surface area contributed by atoms with E-state index in [2.05, 4.69) is 22.0 Å². The fourth-order valence-electron chi connectivity index (χ4n) is 2.21. The maximum absolute atomic E-state index is 5.93. The Morgan fingerprint density at radius 1 is 1.50 bits per heavy atom. The zero-order valence-corrected chi connectivity index (χ0v) is 11.5. The van der Waals surface area contributed by atoms with Gasteiger partial charge < -0.3 is 15.0 Å². The fourth-order valence-corrected chi connectivity index (χ4v) is 2.21. The Labute approximate surface area is 107 Å². The second-order valence-electron chi connectivity index (χ2n) is 5.58. The molecule has 102 valence electrons. The molecule has 1 aliphatic heterocycles. The van der Waals surface area contributed by atoms with E-state index in [-0.39, 0.29) is 6.10 Å². The third-order valence-electron chi connectivity index (χ3n) is 3.33. The molecule has 0 aliphatic carbocycles. The van der Waals surface area contributed by atoms with Gasteiger partial charge >= 0.3 is 0 Å². The van der Waals surface area contributed by atoms with Crippen molar-refractivity contribution >= 4 is 0 Å². The molecular formula is C12H22N4O2. The van der Waals surface area contributed by atoms with Gasteiger partial charge in [0.1, 0.15) is 0 Å². The van der Waals surface area contributed by atoms with E-state index in [1.54, 1.807) is 0 Å². The first kappa shape index (κ1) is 13.5. The molecular weight excluding hydrogens is 232 g/mol. The van der Waals surface area contributed by atoms with Crippen LogP contribution in [0, 0.1) is 0 Å². The Bertz CT molecular complexity index is 399. The lowest BCUT2D eigenvalue weighted by molar-refractivity contribution is 0.0777. The van der Waals surface area contributed by atoms with E-state index >= 15 is 0 Å². The van der Waals surface area contributed by atoms with Gasteiger partial charge in [-0.1, -0.05) is 5.16 Å². The summed E-state index contributed by atoms with van der Waals surface area (Å²) in [5, 5.41) is 3.92. The second-order valence-corrected chi connectivity index (χ2v) is 5.58. The lowest BCUT2D eigenvalue weighted by Crippen LogP contribution is -2.36. The molecule has 2 unspecified atom stereocenters. The molecule has 0 saturated carbocycles. The van der Waals surface area contributed by atoms with E-state index in [0.717, 1.165) is 13.0 Å². The van der Waals surface area contributed by atoms with Gasteiger partial charge in [0.15, 0.2) is 5.82 Å². The molecule has 0 bridgehead atoms. The Kier molecular flexibility index (Phi) is 3.70. The van der Waals surface area contributed by atoms with Crippen LogP contribution in [0.3, 0.4) is 0 Å². The molecule has 0 radical (unpaired) electrons. The molecule has 1 aliphatic rings. The van der Waals surface area contributed by atoms with Crippen molar-refractivity contribution in [1.82, 2.24) is 15.0 Å². The summed E-state index contributed by atoms with van der Waals surface area (Å²) in [7, 11) is 2.05. The molecule has 0 spiro atoms. The highest BCUT2D eigenvalue weighted by Gasteiger charge is 2.29. The zero-order valence-electron chi connectivity index (χ0n) is 11.5. The Morgan fingerprint density at radius 2 is 2.22 bits per heavy atom. The number of ether oxygens (including phenoxy) is 1.